The fourth-order valence-electron chi connectivity index (χ4n) is 0.739. The molecule has 0 bridgehead atoms. The summed E-state index contributed by atoms with van der Waals surface area (Å²) in [4.78, 5) is 0. The van der Waals surface area contributed by atoms with Gasteiger partial charge in [0.25, 0.3) is 0 Å². The molecule has 5 heteroatoms. The Morgan fingerprint density at radius 1 is 1.50 bits per heavy atom. The minimum absolute atomic E-state index is 0.282. The van der Waals surface area contributed by atoms with Crippen molar-refractivity contribution >= 4 is 6.08 Å². The number of nitrogens with zero attached hydrogens (tertiary/aromatic N) is 1. The summed E-state index contributed by atoms with van der Waals surface area (Å²) in [6.07, 6.45) is -1.23. The monoisotopic (exact) mass is 176 g/mol. The zero-order valence-electron chi connectivity index (χ0n) is 6.31. The first-order chi connectivity index (χ1) is 5.54. The van der Waals surface area contributed by atoms with Crippen LogP contribution in [0.5, 0.6) is 0 Å². The number of hydrogen-bond donors (Lipinski definition) is 1. The first kappa shape index (κ1) is 8.83. The molecule has 0 saturated heterocycles. The van der Waals surface area contributed by atoms with Gasteiger partial charge in [-0.05, 0) is 19.1 Å². The van der Waals surface area contributed by atoms with Crippen molar-refractivity contribution in [1.82, 2.24) is 10.2 Å². The van der Waals surface area contributed by atoms with Gasteiger partial charge in [0.1, 0.15) is 5.69 Å². The maximum Gasteiger partial charge on any atom is 0.432 e. The van der Waals surface area contributed by atoms with Gasteiger partial charge in [-0.2, -0.15) is 18.3 Å². The molecule has 0 unspecified atom stereocenters. The number of aromatic amines is 1. The van der Waals surface area contributed by atoms with Crippen molar-refractivity contribution in [2.24, 2.45) is 0 Å². The van der Waals surface area contributed by atoms with Crippen molar-refractivity contribution < 1.29 is 13.2 Å². The summed E-state index contributed by atoms with van der Waals surface area (Å²) in [5.41, 5.74) is -0.541. The third-order valence-electron chi connectivity index (χ3n) is 1.24. The predicted octanol–water partition coefficient (Wildman–Crippen LogP) is 2.46. The molecular weight excluding hydrogens is 169 g/mol. The smallest absolute Gasteiger partial charge is 0.273 e. The molecule has 0 radical (unpaired) electrons. The van der Waals surface area contributed by atoms with Crippen LogP contribution in [-0.2, 0) is 6.18 Å². The fourth-order valence-corrected chi connectivity index (χ4v) is 0.739. The lowest BCUT2D eigenvalue weighted by Gasteiger charge is -1.99. The lowest BCUT2D eigenvalue weighted by Crippen LogP contribution is -2.04. The standard InChI is InChI=1S/C7H7F3N2/c1-2-3-5-4-6(12-11-5)7(8,9)10/h2-4H,1H3,(H,11,12). The molecule has 1 heterocycles. The van der Waals surface area contributed by atoms with Gasteiger partial charge in [-0.25, -0.2) is 0 Å². The lowest BCUT2D eigenvalue weighted by molar-refractivity contribution is -0.141. The highest BCUT2D eigenvalue weighted by atomic mass is 19.4. The highest BCUT2D eigenvalue weighted by Crippen LogP contribution is 2.27. The fraction of sp³-hybridized carbons (Fsp3) is 0.286. The van der Waals surface area contributed by atoms with Crippen LogP contribution in [0.15, 0.2) is 12.1 Å². The zero-order chi connectivity index (χ0) is 9.19. The number of rotatable bonds is 1. The van der Waals surface area contributed by atoms with E-state index in [-0.39, 0.29) is 5.69 Å². The summed E-state index contributed by atoms with van der Waals surface area (Å²) in [7, 11) is 0. The van der Waals surface area contributed by atoms with Crippen molar-refractivity contribution in [2.45, 2.75) is 13.1 Å². The zero-order valence-corrected chi connectivity index (χ0v) is 6.31. The third-order valence-corrected chi connectivity index (χ3v) is 1.24. The van der Waals surface area contributed by atoms with Crippen LogP contribution in [0, 0.1) is 0 Å². The van der Waals surface area contributed by atoms with E-state index in [9.17, 15) is 13.2 Å². The Hall–Kier alpha value is -1.26. The second kappa shape index (κ2) is 3.00. The highest BCUT2D eigenvalue weighted by molar-refractivity contribution is 5.44. The van der Waals surface area contributed by atoms with Crippen LogP contribution in [0.2, 0.25) is 0 Å². The Morgan fingerprint density at radius 3 is 2.58 bits per heavy atom. The molecule has 0 aliphatic heterocycles. The molecule has 12 heavy (non-hydrogen) atoms. The van der Waals surface area contributed by atoms with Crippen LogP contribution in [0.1, 0.15) is 18.3 Å². The Balaban J connectivity index is 2.92. The maximum atomic E-state index is 11.9. The molecule has 0 atom stereocenters. The van der Waals surface area contributed by atoms with Crippen molar-refractivity contribution in [1.29, 1.82) is 0 Å². The van der Waals surface area contributed by atoms with Gasteiger partial charge >= 0.3 is 6.18 Å². The minimum Gasteiger partial charge on any atom is -0.273 e. The average Bonchev–Trinajstić information content (AvgIpc) is 2.35. The van der Waals surface area contributed by atoms with E-state index in [1.54, 1.807) is 13.0 Å². The van der Waals surface area contributed by atoms with E-state index in [1.807, 2.05) is 5.10 Å². The van der Waals surface area contributed by atoms with E-state index in [0.717, 1.165) is 6.07 Å². The summed E-state index contributed by atoms with van der Waals surface area (Å²) in [5.74, 6) is 0. The van der Waals surface area contributed by atoms with Gasteiger partial charge < -0.3 is 0 Å². The summed E-state index contributed by atoms with van der Waals surface area (Å²) >= 11 is 0. The molecule has 2 nitrogen and oxygen atoms in total. The van der Waals surface area contributed by atoms with Crippen molar-refractivity contribution in [2.75, 3.05) is 0 Å². The predicted molar refractivity (Wildman–Crippen MR) is 38.3 cm³/mol. The van der Waals surface area contributed by atoms with Crippen LogP contribution < -0.4 is 0 Å². The third kappa shape index (κ3) is 1.87. The Morgan fingerprint density at radius 2 is 2.17 bits per heavy atom. The van der Waals surface area contributed by atoms with E-state index < -0.39 is 11.9 Å². The van der Waals surface area contributed by atoms with E-state index in [0.29, 0.717) is 0 Å². The van der Waals surface area contributed by atoms with E-state index in [1.165, 1.54) is 6.08 Å². The van der Waals surface area contributed by atoms with Crippen LogP contribution in [0.4, 0.5) is 13.2 Å². The quantitative estimate of drug-likeness (QED) is 0.699. The number of alkyl halides is 3. The number of halogens is 3. The van der Waals surface area contributed by atoms with Crippen LogP contribution in [0.3, 0.4) is 0 Å². The lowest BCUT2D eigenvalue weighted by atomic mass is 10.3. The SMILES string of the molecule is CC=Cc1cc(C(F)(F)F)[nH]n1. The molecule has 0 aliphatic rings. The second-order valence-corrected chi connectivity index (χ2v) is 2.20. The largest absolute Gasteiger partial charge is 0.432 e. The second-order valence-electron chi connectivity index (χ2n) is 2.20. The first-order valence-corrected chi connectivity index (χ1v) is 3.29. The van der Waals surface area contributed by atoms with Crippen LogP contribution in [0.25, 0.3) is 6.08 Å². The topological polar surface area (TPSA) is 28.7 Å². The van der Waals surface area contributed by atoms with E-state index in [2.05, 4.69) is 5.10 Å². The highest BCUT2D eigenvalue weighted by Gasteiger charge is 2.32. The van der Waals surface area contributed by atoms with Gasteiger partial charge in [0.2, 0.25) is 0 Å². The summed E-state index contributed by atoms with van der Waals surface area (Å²) in [6.45, 7) is 1.71. The van der Waals surface area contributed by atoms with Gasteiger partial charge in [0.05, 0.1) is 5.69 Å². The van der Waals surface area contributed by atoms with E-state index >= 15 is 0 Å². The molecule has 0 spiro atoms. The molecule has 0 fully saturated rings. The van der Waals surface area contributed by atoms with Gasteiger partial charge in [-0.15, -0.1) is 0 Å². The van der Waals surface area contributed by atoms with Crippen molar-refractivity contribution in [3.8, 4) is 0 Å². The van der Waals surface area contributed by atoms with Crippen molar-refractivity contribution in [3.63, 3.8) is 0 Å². The minimum atomic E-state index is -4.34. The molecule has 0 aliphatic carbocycles. The van der Waals surface area contributed by atoms with Gasteiger partial charge in [-0.3, -0.25) is 5.10 Å². The summed E-state index contributed by atoms with van der Waals surface area (Å²) in [6, 6.07) is 0.958. The molecule has 0 saturated carbocycles. The number of nitrogens with one attached hydrogen (secondary N) is 1. The molecule has 1 rings (SSSR count). The number of aromatic nitrogens is 2. The first-order valence-electron chi connectivity index (χ1n) is 3.29. The molecule has 66 valence electrons. The summed E-state index contributed by atoms with van der Waals surface area (Å²) < 4.78 is 35.8. The maximum absolute atomic E-state index is 11.9. The van der Waals surface area contributed by atoms with Crippen molar-refractivity contribution in [3.05, 3.63) is 23.5 Å². The number of H-pyrrole nitrogens is 1. The molecule has 0 amide bonds. The van der Waals surface area contributed by atoms with Gasteiger partial charge in [0, 0.05) is 0 Å². The number of hydrogen-bond acceptors (Lipinski definition) is 1. The molecular formula is C7H7F3N2. The molecule has 1 aromatic heterocycles. The van der Waals surface area contributed by atoms with E-state index in [4.69, 9.17) is 0 Å². The summed E-state index contributed by atoms with van der Waals surface area (Å²) in [5, 5.41) is 5.34. The molecule has 1 aromatic rings. The Bertz CT molecular complexity index is 285. The van der Waals surface area contributed by atoms with Crippen LogP contribution >= 0.6 is 0 Å². The Kier molecular flexibility index (Phi) is 2.21. The van der Waals surface area contributed by atoms with Crippen LogP contribution in [-0.4, -0.2) is 10.2 Å². The van der Waals surface area contributed by atoms with Gasteiger partial charge in [0.15, 0.2) is 0 Å². The van der Waals surface area contributed by atoms with Gasteiger partial charge in [-0.1, -0.05) is 6.08 Å². The Labute approximate surface area is 67.1 Å². The normalized spacial score (nSPS) is 12.7. The average molecular weight is 176 g/mol. The number of allylic oxidation sites excluding steroid dienone is 1. The molecule has 1 N–H and O–H groups in total. The molecule has 0 aromatic carbocycles.